The highest BCUT2D eigenvalue weighted by molar-refractivity contribution is 5.67. The Morgan fingerprint density at radius 1 is 1.04 bits per heavy atom. The standard InChI is InChI=1S/C20H18N4O2/c1-2-4-16-15(3-1)8-10-24(16)19-7-9-21-20(23-19)22-12-14-5-6-17-18(11-14)26-13-25-17/h1-7,9,11H,8,10,12-13H2,(H,21,22,23). The molecular weight excluding hydrogens is 328 g/mol. The van der Waals surface area contributed by atoms with E-state index in [4.69, 9.17) is 9.47 Å². The minimum absolute atomic E-state index is 0.286. The van der Waals surface area contributed by atoms with Gasteiger partial charge in [-0.25, -0.2) is 4.98 Å². The lowest BCUT2D eigenvalue weighted by atomic mass is 10.2. The molecule has 6 nitrogen and oxygen atoms in total. The van der Waals surface area contributed by atoms with E-state index in [1.54, 1.807) is 6.20 Å². The van der Waals surface area contributed by atoms with E-state index < -0.39 is 0 Å². The van der Waals surface area contributed by atoms with Gasteiger partial charge in [-0.3, -0.25) is 0 Å². The number of ether oxygens (including phenoxy) is 2. The van der Waals surface area contributed by atoms with Gasteiger partial charge >= 0.3 is 0 Å². The van der Waals surface area contributed by atoms with Crippen LogP contribution >= 0.6 is 0 Å². The van der Waals surface area contributed by atoms with E-state index >= 15 is 0 Å². The molecule has 26 heavy (non-hydrogen) atoms. The lowest BCUT2D eigenvalue weighted by molar-refractivity contribution is 0.174. The number of hydrogen-bond acceptors (Lipinski definition) is 6. The van der Waals surface area contributed by atoms with Crippen LogP contribution in [0.3, 0.4) is 0 Å². The van der Waals surface area contributed by atoms with E-state index in [-0.39, 0.29) is 6.79 Å². The Labute approximate surface area is 151 Å². The van der Waals surface area contributed by atoms with E-state index in [1.807, 2.05) is 24.3 Å². The molecule has 1 aromatic heterocycles. The maximum Gasteiger partial charge on any atom is 0.231 e. The second kappa shape index (κ2) is 6.22. The minimum atomic E-state index is 0.286. The largest absolute Gasteiger partial charge is 0.454 e. The number of fused-ring (bicyclic) bond motifs is 2. The summed E-state index contributed by atoms with van der Waals surface area (Å²) in [6, 6.07) is 16.3. The summed E-state index contributed by atoms with van der Waals surface area (Å²) in [5.41, 5.74) is 3.68. The highest BCUT2D eigenvalue weighted by atomic mass is 16.7. The number of nitrogens with zero attached hydrogens (tertiary/aromatic N) is 3. The third kappa shape index (κ3) is 2.69. The number of para-hydroxylation sites is 1. The Hall–Kier alpha value is -3.28. The van der Waals surface area contributed by atoms with Gasteiger partial charge in [-0.15, -0.1) is 0 Å². The Morgan fingerprint density at radius 3 is 2.96 bits per heavy atom. The van der Waals surface area contributed by atoms with Crippen molar-refractivity contribution in [3.63, 3.8) is 0 Å². The van der Waals surface area contributed by atoms with Crippen molar-refractivity contribution in [1.82, 2.24) is 9.97 Å². The molecule has 0 aliphatic carbocycles. The van der Waals surface area contributed by atoms with Crippen molar-refractivity contribution >= 4 is 17.5 Å². The molecule has 6 heteroatoms. The summed E-state index contributed by atoms with van der Waals surface area (Å²) in [5, 5.41) is 3.29. The molecule has 0 radical (unpaired) electrons. The zero-order valence-electron chi connectivity index (χ0n) is 14.2. The van der Waals surface area contributed by atoms with Crippen LogP contribution in [-0.4, -0.2) is 23.3 Å². The number of rotatable bonds is 4. The van der Waals surface area contributed by atoms with Crippen LogP contribution in [0.1, 0.15) is 11.1 Å². The third-order valence-electron chi connectivity index (χ3n) is 4.69. The van der Waals surface area contributed by atoms with Crippen molar-refractivity contribution in [3.8, 4) is 11.5 Å². The Kier molecular flexibility index (Phi) is 3.59. The molecule has 2 aliphatic heterocycles. The molecule has 3 aromatic rings. The molecule has 0 unspecified atom stereocenters. The van der Waals surface area contributed by atoms with Crippen LogP contribution in [0.25, 0.3) is 0 Å². The second-order valence-electron chi connectivity index (χ2n) is 6.31. The van der Waals surface area contributed by atoms with Crippen molar-refractivity contribution in [2.75, 3.05) is 23.6 Å². The zero-order chi connectivity index (χ0) is 17.3. The summed E-state index contributed by atoms with van der Waals surface area (Å²) >= 11 is 0. The highest BCUT2D eigenvalue weighted by Gasteiger charge is 2.21. The average molecular weight is 346 g/mol. The predicted molar refractivity (Wildman–Crippen MR) is 99.1 cm³/mol. The van der Waals surface area contributed by atoms with Crippen LogP contribution in [-0.2, 0) is 13.0 Å². The van der Waals surface area contributed by atoms with Crippen LogP contribution in [0.2, 0.25) is 0 Å². The predicted octanol–water partition coefficient (Wildman–Crippen LogP) is 3.51. The van der Waals surface area contributed by atoms with Gasteiger partial charge in [-0.2, -0.15) is 4.98 Å². The van der Waals surface area contributed by atoms with Gasteiger partial charge in [0, 0.05) is 25.0 Å². The highest BCUT2D eigenvalue weighted by Crippen LogP contribution is 2.34. The molecule has 0 saturated carbocycles. The van der Waals surface area contributed by atoms with Gasteiger partial charge < -0.3 is 19.7 Å². The number of nitrogens with one attached hydrogen (secondary N) is 1. The first-order valence-electron chi connectivity index (χ1n) is 8.68. The summed E-state index contributed by atoms with van der Waals surface area (Å²) in [4.78, 5) is 11.3. The van der Waals surface area contributed by atoms with Crippen molar-refractivity contribution in [2.24, 2.45) is 0 Å². The van der Waals surface area contributed by atoms with Gasteiger partial charge in [0.25, 0.3) is 0 Å². The summed E-state index contributed by atoms with van der Waals surface area (Å²) < 4.78 is 10.8. The summed E-state index contributed by atoms with van der Waals surface area (Å²) in [6.45, 7) is 1.85. The molecule has 2 aromatic carbocycles. The maximum absolute atomic E-state index is 5.42. The summed E-state index contributed by atoms with van der Waals surface area (Å²) in [6.07, 6.45) is 2.84. The van der Waals surface area contributed by atoms with Crippen molar-refractivity contribution in [3.05, 3.63) is 65.9 Å². The van der Waals surface area contributed by atoms with E-state index in [9.17, 15) is 0 Å². The van der Waals surface area contributed by atoms with Crippen LogP contribution < -0.4 is 19.7 Å². The van der Waals surface area contributed by atoms with Crippen molar-refractivity contribution < 1.29 is 9.47 Å². The molecule has 130 valence electrons. The lowest BCUT2D eigenvalue weighted by Gasteiger charge is -2.18. The van der Waals surface area contributed by atoms with Crippen LogP contribution in [0, 0.1) is 0 Å². The normalized spacial score (nSPS) is 14.4. The SMILES string of the molecule is c1ccc2c(c1)CCN2c1ccnc(NCc2ccc3c(c2)OCO3)n1. The van der Waals surface area contributed by atoms with E-state index in [1.165, 1.54) is 11.3 Å². The molecule has 0 atom stereocenters. The van der Waals surface area contributed by atoms with Crippen molar-refractivity contribution in [2.45, 2.75) is 13.0 Å². The van der Waals surface area contributed by atoms with Gasteiger partial charge in [-0.05, 0) is 41.8 Å². The first-order valence-corrected chi connectivity index (χ1v) is 8.68. The fourth-order valence-electron chi connectivity index (χ4n) is 3.39. The third-order valence-corrected chi connectivity index (χ3v) is 4.69. The molecule has 0 saturated heterocycles. The van der Waals surface area contributed by atoms with Gasteiger partial charge in [0.1, 0.15) is 5.82 Å². The Morgan fingerprint density at radius 2 is 1.96 bits per heavy atom. The first-order chi connectivity index (χ1) is 12.9. The lowest BCUT2D eigenvalue weighted by Crippen LogP contribution is -2.16. The molecule has 0 fully saturated rings. The molecule has 2 aliphatic rings. The fraction of sp³-hybridized carbons (Fsp3) is 0.200. The summed E-state index contributed by atoms with van der Waals surface area (Å²) in [5.74, 6) is 3.11. The van der Waals surface area contributed by atoms with E-state index in [0.717, 1.165) is 35.8 Å². The number of hydrogen-bond donors (Lipinski definition) is 1. The van der Waals surface area contributed by atoms with Gasteiger partial charge in [0.15, 0.2) is 11.5 Å². The zero-order valence-corrected chi connectivity index (χ0v) is 14.2. The molecular formula is C20H18N4O2. The van der Waals surface area contributed by atoms with Crippen LogP contribution in [0.15, 0.2) is 54.7 Å². The average Bonchev–Trinajstić information content (AvgIpc) is 3.33. The molecule has 1 N–H and O–H groups in total. The fourth-order valence-corrected chi connectivity index (χ4v) is 3.39. The number of benzene rings is 2. The van der Waals surface area contributed by atoms with Gasteiger partial charge in [-0.1, -0.05) is 24.3 Å². The topological polar surface area (TPSA) is 59.5 Å². The number of aromatic nitrogens is 2. The quantitative estimate of drug-likeness (QED) is 0.780. The van der Waals surface area contributed by atoms with E-state index in [0.29, 0.717) is 12.5 Å². The van der Waals surface area contributed by atoms with Gasteiger partial charge in [0.2, 0.25) is 12.7 Å². The molecule has 0 spiro atoms. The maximum atomic E-state index is 5.42. The Balaban J connectivity index is 1.33. The Bertz CT molecular complexity index is 960. The minimum Gasteiger partial charge on any atom is -0.454 e. The summed E-state index contributed by atoms with van der Waals surface area (Å²) in [7, 11) is 0. The second-order valence-corrected chi connectivity index (χ2v) is 6.31. The van der Waals surface area contributed by atoms with E-state index in [2.05, 4.69) is 44.5 Å². The smallest absolute Gasteiger partial charge is 0.231 e. The molecule has 0 bridgehead atoms. The van der Waals surface area contributed by atoms with Crippen molar-refractivity contribution in [1.29, 1.82) is 0 Å². The molecule has 0 amide bonds. The van der Waals surface area contributed by atoms with Crippen LogP contribution in [0.4, 0.5) is 17.5 Å². The first kappa shape index (κ1) is 15.0. The monoisotopic (exact) mass is 346 g/mol. The molecule has 3 heterocycles. The number of anilines is 3. The van der Waals surface area contributed by atoms with Crippen LogP contribution in [0.5, 0.6) is 11.5 Å². The molecule has 5 rings (SSSR count). The van der Waals surface area contributed by atoms with Gasteiger partial charge in [0.05, 0.1) is 0 Å².